The van der Waals surface area contributed by atoms with Crippen molar-refractivity contribution in [1.82, 2.24) is 19.5 Å². The summed E-state index contributed by atoms with van der Waals surface area (Å²) in [5.74, 6) is 0. The van der Waals surface area contributed by atoms with Gasteiger partial charge in [0.05, 0.1) is 19.3 Å². The molecule has 0 spiro atoms. The number of H-pyrrole nitrogens is 1. The van der Waals surface area contributed by atoms with Crippen LogP contribution in [0.5, 0.6) is 0 Å². The summed E-state index contributed by atoms with van der Waals surface area (Å²) in [7, 11) is 0. The van der Waals surface area contributed by atoms with Gasteiger partial charge in [0.2, 0.25) is 0 Å². The van der Waals surface area contributed by atoms with Crippen LogP contribution in [0, 0.1) is 0 Å². The fourth-order valence-electron chi connectivity index (χ4n) is 2.65. The largest absolute Gasteiger partial charge is 0.509 e. The Kier molecular flexibility index (Phi) is 2.50. The van der Waals surface area contributed by atoms with E-state index in [0.717, 1.165) is 0 Å². The second kappa shape index (κ2) is 4.27. The molecule has 110 valence electrons. The van der Waals surface area contributed by atoms with E-state index in [4.69, 9.17) is 14.2 Å². The summed E-state index contributed by atoms with van der Waals surface area (Å²) in [6.45, 7) is -0.324. The highest BCUT2D eigenvalue weighted by Crippen LogP contribution is 2.38. The summed E-state index contributed by atoms with van der Waals surface area (Å²) in [6, 6.07) is 0. The van der Waals surface area contributed by atoms with Crippen molar-refractivity contribution >= 4 is 17.3 Å². The number of aliphatic hydroxyl groups excluding tert-OH is 1. The molecular formula is C11H10N4O6. The number of hydrogen-bond acceptors (Lipinski definition) is 8. The molecular weight excluding hydrogens is 284 g/mol. The average Bonchev–Trinajstić information content (AvgIpc) is 3.12. The van der Waals surface area contributed by atoms with Gasteiger partial charge in [-0.1, -0.05) is 0 Å². The molecule has 0 unspecified atom stereocenters. The van der Waals surface area contributed by atoms with E-state index in [0.29, 0.717) is 5.65 Å². The molecule has 2 fully saturated rings. The van der Waals surface area contributed by atoms with Gasteiger partial charge in [0.1, 0.15) is 6.10 Å². The first-order valence-electron chi connectivity index (χ1n) is 6.23. The van der Waals surface area contributed by atoms with E-state index in [1.807, 2.05) is 0 Å². The predicted octanol–water partition coefficient (Wildman–Crippen LogP) is -1.09. The van der Waals surface area contributed by atoms with Crippen LogP contribution in [0.4, 0.5) is 4.79 Å². The van der Waals surface area contributed by atoms with Crippen LogP contribution < -0.4 is 5.56 Å². The van der Waals surface area contributed by atoms with Crippen molar-refractivity contribution in [2.75, 3.05) is 6.61 Å². The van der Waals surface area contributed by atoms with E-state index in [9.17, 15) is 14.7 Å². The minimum Gasteiger partial charge on any atom is -0.424 e. The Morgan fingerprint density at radius 2 is 2.10 bits per heavy atom. The first-order chi connectivity index (χ1) is 10.2. The number of aromatic nitrogens is 4. The average molecular weight is 294 g/mol. The number of fused-ring (bicyclic) bond motifs is 2. The van der Waals surface area contributed by atoms with Crippen LogP contribution in [0.2, 0.25) is 0 Å². The number of nitrogens with zero attached hydrogens (tertiary/aromatic N) is 3. The molecule has 4 atom stereocenters. The molecule has 2 N–H and O–H groups in total. The van der Waals surface area contributed by atoms with Crippen LogP contribution in [0.1, 0.15) is 6.23 Å². The van der Waals surface area contributed by atoms with Crippen molar-refractivity contribution in [2.45, 2.75) is 24.5 Å². The van der Waals surface area contributed by atoms with E-state index < -0.39 is 30.7 Å². The molecule has 2 aromatic rings. The zero-order chi connectivity index (χ0) is 14.6. The van der Waals surface area contributed by atoms with Gasteiger partial charge in [-0.3, -0.25) is 9.36 Å². The summed E-state index contributed by atoms with van der Waals surface area (Å²) in [5, 5.41) is 9.30. The van der Waals surface area contributed by atoms with Gasteiger partial charge in [0, 0.05) is 0 Å². The highest BCUT2D eigenvalue weighted by Gasteiger charge is 2.55. The first kappa shape index (κ1) is 12.3. The standard InChI is InChI=1S/C11H10N4O6/c16-1-4-6-7(21-11(18)20-6)10(19-4)15-3-14-5-8(15)12-2-13-9(5)17/h2-4,6-7,10,16H,1H2,(H,12,13,17)/t4-,6-,7-,10-/m1/s1. The summed E-state index contributed by atoms with van der Waals surface area (Å²) >= 11 is 0. The fraction of sp³-hybridized carbons (Fsp3) is 0.455. The molecule has 0 radical (unpaired) electrons. The summed E-state index contributed by atoms with van der Waals surface area (Å²) in [6.07, 6.45) is -1.09. The first-order valence-corrected chi connectivity index (χ1v) is 6.23. The topological polar surface area (TPSA) is 129 Å². The lowest BCUT2D eigenvalue weighted by Gasteiger charge is -2.16. The lowest BCUT2D eigenvalue weighted by Crippen LogP contribution is -2.30. The minimum absolute atomic E-state index is 0.148. The van der Waals surface area contributed by atoms with Gasteiger partial charge in [-0.05, 0) is 0 Å². The number of carbonyl (C=O) groups excluding carboxylic acids is 1. The quantitative estimate of drug-likeness (QED) is 0.669. The van der Waals surface area contributed by atoms with Gasteiger partial charge < -0.3 is 24.3 Å². The van der Waals surface area contributed by atoms with Crippen LogP contribution in [-0.2, 0) is 14.2 Å². The Morgan fingerprint density at radius 1 is 1.29 bits per heavy atom. The van der Waals surface area contributed by atoms with Crippen molar-refractivity contribution < 1.29 is 24.1 Å². The third-order valence-corrected chi connectivity index (χ3v) is 3.57. The Bertz CT molecular complexity index is 769. The Hall–Kier alpha value is -2.46. The van der Waals surface area contributed by atoms with E-state index in [1.165, 1.54) is 17.2 Å². The van der Waals surface area contributed by atoms with Gasteiger partial charge in [0.25, 0.3) is 5.56 Å². The summed E-state index contributed by atoms with van der Waals surface area (Å²) < 4.78 is 17.2. The SMILES string of the molecule is O=C1O[C@@H]2[C@H](O1)[C@@H](CO)O[C@H]2n1cnc2c(=O)[nH]cnc21. The molecule has 2 aliphatic rings. The zero-order valence-corrected chi connectivity index (χ0v) is 10.5. The minimum atomic E-state index is -0.813. The van der Waals surface area contributed by atoms with E-state index in [-0.39, 0.29) is 17.7 Å². The monoisotopic (exact) mass is 294 g/mol. The number of aromatic amines is 1. The molecule has 0 amide bonds. The summed E-state index contributed by atoms with van der Waals surface area (Å²) in [4.78, 5) is 33.4. The summed E-state index contributed by atoms with van der Waals surface area (Å²) in [5.41, 5.74) is 0.0612. The lowest BCUT2D eigenvalue weighted by molar-refractivity contribution is -0.0704. The normalized spacial score (nSPS) is 31.2. The molecule has 4 heterocycles. The number of nitrogens with one attached hydrogen (secondary N) is 1. The molecule has 0 saturated carbocycles. The lowest BCUT2D eigenvalue weighted by atomic mass is 10.1. The van der Waals surface area contributed by atoms with E-state index in [2.05, 4.69) is 15.0 Å². The fourth-order valence-corrected chi connectivity index (χ4v) is 2.65. The van der Waals surface area contributed by atoms with E-state index >= 15 is 0 Å². The van der Waals surface area contributed by atoms with Gasteiger partial charge in [-0.25, -0.2) is 14.8 Å². The zero-order valence-electron chi connectivity index (χ0n) is 10.5. The van der Waals surface area contributed by atoms with Crippen LogP contribution in [0.25, 0.3) is 11.2 Å². The predicted molar refractivity (Wildman–Crippen MR) is 64.3 cm³/mol. The van der Waals surface area contributed by atoms with Crippen molar-refractivity contribution in [3.05, 3.63) is 23.0 Å². The van der Waals surface area contributed by atoms with Crippen molar-refractivity contribution in [3.63, 3.8) is 0 Å². The maximum Gasteiger partial charge on any atom is 0.509 e. The van der Waals surface area contributed by atoms with Gasteiger partial charge in [0.15, 0.2) is 29.6 Å². The molecule has 4 rings (SSSR count). The molecule has 10 heteroatoms. The number of carbonyl (C=O) groups is 1. The number of imidazole rings is 1. The Labute approximate surface area is 116 Å². The molecule has 2 aliphatic heterocycles. The number of rotatable bonds is 2. The highest BCUT2D eigenvalue weighted by molar-refractivity contribution is 5.69. The number of ether oxygens (including phenoxy) is 3. The van der Waals surface area contributed by atoms with Crippen LogP contribution >= 0.6 is 0 Å². The van der Waals surface area contributed by atoms with Crippen LogP contribution in [-0.4, -0.2) is 55.7 Å². The number of aliphatic hydroxyl groups is 1. The maximum atomic E-state index is 11.6. The van der Waals surface area contributed by atoms with Crippen molar-refractivity contribution in [2.24, 2.45) is 0 Å². The highest BCUT2D eigenvalue weighted by atomic mass is 16.8. The van der Waals surface area contributed by atoms with E-state index in [1.54, 1.807) is 0 Å². The van der Waals surface area contributed by atoms with Crippen LogP contribution in [0.15, 0.2) is 17.4 Å². The Morgan fingerprint density at radius 3 is 2.90 bits per heavy atom. The number of hydrogen-bond donors (Lipinski definition) is 2. The van der Waals surface area contributed by atoms with Gasteiger partial charge >= 0.3 is 6.16 Å². The van der Waals surface area contributed by atoms with Crippen molar-refractivity contribution in [3.8, 4) is 0 Å². The maximum absolute atomic E-state index is 11.6. The molecule has 0 aliphatic carbocycles. The van der Waals surface area contributed by atoms with Crippen LogP contribution in [0.3, 0.4) is 0 Å². The molecule has 2 aromatic heterocycles. The third kappa shape index (κ3) is 1.66. The van der Waals surface area contributed by atoms with Crippen molar-refractivity contribution in [1.29, 1.82) is 0 Å². The molecule has 21 heavy (non-hydrogen) atoms. The second-order valence-electron chi connectivity index (χ2n) is 4.72. The molecule has 0 aromatic carbocycles. The van der Waals surface area contributed by atoms with Gasteiger partial charge in [-0.2, -0.15) is 0 Å². The molecule has 10 nitrogen and oxygen atoms in total. The smallest absolute Gasteiger partial charge is 0.424 e. The second-order valence-corrected chi connectivity index (χ2v) is 4.72. The molecule has 2 saturated heterocycles. The third-order valence-electron chi connectivity index (χ3n) is 3.57. The van der Waals surface area contributed by atoms with Gasteiger partial charge in [-0.15, -0.1) is 0 Å². The molecule has 0 bridgehead atoms. The Balaban J connectivity index is 1.80.